The maximum Gasteiger partial charge on any atom is -1.00 e. The molecule has 0 aliphatic heterocycles. The molecule has 2 aliphatic carbocycles. The SMILES string of the molecule is C[CH]=[Zr+2][CH]1c2ccccc2-c2cccc(C3C=C(CCO)c4ccccc43)c21.[Cl-].[Cl-]. The maximum absolute atomic E-state index is 9.56. The molecular weight excluding hydrogens is 490 g/mol. The minimum atomic E-state index is -0.667. The van der Waals surface area contributed by atoms with Gasteiger partial charge in [-0.05, 0) is 0 Å². The van der Waals surface area contributed by atoms with Crippen molar-refractivity contribution in [1.29, 1.82) is 0 Å². The van der Waals surface area contributed by atoms with Crippen LogP contribution in [0.5, 0.6) is 0 Å². The zero-order chi connectivity index (χ0) is 19.1. The fourth-order valence-electron chi connectivity index (χ4n) is 4.94. The summed E-state index contributed by atoms with van der Waals surface area (Å²) < 4.78 is 3.06. The average molecular weight is 514 g/mol. The molecule has 151 valence electrons. The van der Waals surface area contributed by atoms with Gasteiger partial charge in [-0.3, -0.25) is 0 Å². The Kier molecular flexibility index (Phi) is 7.69. The van der Waals surface area contributed by atoms with E-state index in [2.05, 4.69) is 83.4 Å². The summed E-state index contributed by atoms with van der Waals surface area (Å²) in [6.45, 7) is 2.44. The van der Waals surface area contributed by atoms with Gasteiger partial charge in [0.1, 0.15) is 0 Å². The van der Waals surface area contributed by atoms with Crippen LogP contribution in [-0.4, -0.2) is 15.4 Å². The van der Waals surface area contributed by atoms with Crippen molar-refractivity contribution in [3.8, 4) is 11.1 Å². The Labute approximate surface area is 202 Å². The van der Waals surface area contributed by atoms with Crippen LogP contribution in [-0.2, 0) is 22.8 Å². The van der Waals surface area contributed by atoms with Gasteiger partial charge in [0.05, 0.1) is 0 Å². The van der Waals surface area contributed by atoms with Crippen LogP contribution in [0, 0.1) is 0 Å². The van der Waals surface area contributed by atoms with E-state index >= 15 is 0 Å². The zero-order valence-corrected chi connectivity index (χ0v) is 20.7. The van der Waals surface area contributed by atoms with E-state index in [1.807, 2.05) is 0 Å². The number of hydrogen-bond donors (Lipinski definition) is 1. The summed E-state index contributed by atoms with van der Waals surface area (Å²) >= 11 is -0.667. The number of aliphatic hydroxyl groups is 1. The molecule has 0 aromatic heterocycles. The molecule has 1 N–H and O–H groups in total. The molecule has 0 radical (unpaired) electrons. The van der Waals surface area contributed by atoms with Gasteiger partial charge in [-0.25, -0.2) is 0 Å². The van der Waals surface area contributed by atoms with E-state index in [4.69, 9.17) is 0 Å². The van der Waals surface area contributed by atoms with Crippen molar-refractivity contribution in [2.45, 2.75) is 22.9 Å². The van der Waals surface area contributed by atoms with Crippen LogP contribution >= 0.6 is 0 Å². The molecule has 0 heterocycles. The van der Waals surface area contributed by atoms with E-state index in [1.165, 1.54) is 39.0 Å². The van der Waals surface area contributed by atoms with Gasteiger partial charge in [-0.2, -0.15) is 0 Å². The van der Waals surface area contributed by atoms with E-state index in [0.717, 1.165) is 6.42 Å². The van der Waals surface area contributed by atoms with Gasteiger partial charge in [-0.1, -0.05) is 0 Å². The number of rotatable bonds is 4. The van der Waals surface area contributed by atoms with Crippen molar-refractivity contribution in [2.75, 3.05) is 6.61 Å². The van der Waals surface area contributed by atoms with Gasteiger partial charge in [0.25, 0.3) is 0 Å². The Hall–Kier alpha value is -1.31. The number of halogens is 2. The van der Waals surface area contributed by atoms with Gasteiger partial charge in [0.2, 0.25) is 0 Å². The first-order chi connectivity index (χ1) is 13.8. The Morgan fingerprint density at radius 3 is 2.17 bits per heavy atom. The normalized spacial score (nSPS) is 17.9. The standard InChI is InChI=1S/C24H19O.C2H4.2ClH.Zr/c25-13-12-17-15-24(20-9-4-3-8-19(17)20)22-11-5-10-21-18-7-2-1-6-16(18)14-23(21)22;1-2;;;/h1-11,14-15,24-25H,12-13H2;1H,2H3;2*1H;/q;;;;+2/p-2. The second-order valence-electron chi connectivity index (χ2n) is 7.51. The molecule has 0 bridgehead atoms. The number of allylic oxidation sites excluding steroid dienone is 1. The predicted molar refractivity (Wildman–Crippen MR) is 113 cm³/mol. The third-order valence-corrected chi connectivity index (χ3v) is 9.16. The monoisotopic (exact) mass is 511 g/mol. The molecule has 0 fully saturated rings. The molecule has 2 aliphatic rings. The minimum absolute atomic E-state index is 0. The second-order valence-corrected chi connectivity index (χ2v) is 11.2. The van der Waals surface area contributed by atoms with Gasteiger partial charge in [0, 0.05) is 0 Å². The number of benzene rings is 3. The first-order valence-corrected chi connectivity index (χ1v) is 12.8. The Bertz CT molecular complexity index is 1120. The van der Waals surface area contributed by atoms with Crippen molar-refractivity contribution in [2.24, 2.45) is 0 Å². The van der Waals surface area contributed by atoms with Crippen LogP contribution in [0.3, 0.4) is 0 Å². The van der Waals surface area contributed by atoms with Crippen LogP contribution in [0.2, 0.25) is 0 Å². The molecule has 0 saturated carbocycles. The van der Waals surface area contributed by atoms with Gasteiger partial charge >= 0.3 is 178 Å². The second kappa shape index (κ2) is 9.88. The first-order valence-electron chi connectivity index (χ1n) is 10.00. The first kappa shape index (κ1) is 23.4. The molecule has 3 aromatic carbocycles. The van der Waals surface area contributed by atoms with Crippen LogP contribution < -0.4 is 24.8 Å². The Morgan fingerprint density at radius 2 is 1.43 bits per heavy atom. The fourth-order valence-corrected chi connectivity index (χ4v) is 8.02. The molecule has 5 rings (SSSR count). The summed E-state index contributed by atoms with van der Waals surface area (Å²) in [5, 5.41) is 9.56. The minimum Gasteiger partial charge on any atom is -1.00 e. The summed E-state index contributed by atoms with van der Waals surface area (Å²) in [4.78, 5) is 0. The summed E-state index contributed by atoms with van der Waals surface area (Å²) in [5.41, 5.74) is 11.4. The Morgan fingerprint density at radius 1 is 0.800 bits per heavy atom. The number of fused-ring (bicyclic) bond motifs is 4. The third kappa shape index (κ3) is 3.73. The van der Waals surface area contributed by atoms with E-state index in [0.29, 0.717) is 9.54 Å². The number of aliphatic hydroxyl groups excluding tert-OH is 1. The quantitative estimate of drug-likeness (QED) is 0.503. The summed E-state index contributed by atoms with van der Waals surface area (Å²) in [7, 11) is 0. The molecule has 3 aromatic rings. The fraction of sp³-hybridized carbons (Fsp3) is 0.192. The largest absolute Gasteiger partial charge is 1.00 e. The summed E-state index contributed by atoms with van der Waals surface area (Å²) in [5.74, 6) is 0.292. The van der Waals surface area contributed by atoms with Crippen molar-refractivity contribution < 1.29 is 52.7 Å². The van der Waals surface area contributed by atoms with Crippen LogP contribution in [0.4, 0.5) is 0 Å². The van der Waals surface area contributed by atoms with Gasteiger partial charge in [-0.15, -0.1) is 0 Å². The maximum atomic E-state index is 9.56. The average Bonchev–Trinajstić information content (AvgIpc) is 3.26. The van der Waals surface area contributed by atoms with Crippen molar-refractivity contribution in [3.63, 3.8) is 0 Å². The summed E-state index contributed by atoms with van der Waals surface area (Å²) in [6.07, 6.45) is 3.13. The smallest absolute Gasteiger partial charge is 1.00 e. The van der Waals surface area contributed by atoms with Crippen LogP contribution in [0.15, 0.2) is 72.8 Å². The predicted octanol–water partition coefficient (Wildman–Crippen LogP) is -0.420. The molecular formula is C26H23Cl2OZr. The molecule has 2 unspecified atom stereocenters. The van der Waals surface area contributed by atoms with Crippen molar-refractivity contribution in [3.05, 3.63) is 101 Å². The van der Waals surface area contributed by atoms with Crippen molar-refractivity contribution >= 4 is 9.28 Å². The van der Waals surface area contributed by atoms with E-state index < -0.39 is 22.8 Å². The summed E-state index contributed by atoms with van der Waals surface area (Å²) in [6, 6.07) is 24.6. The molecule has 0 amide bonds. The van der Waals surface area contributed by atoms with Crippen LogP contribution in [0.25, 0.3) is 16.7 Å². The zero-order valence-electron chi connectivity index (χ0n) is 16.8. The van der Waals surface area contributed by atoms with E-state index in [9.17, 15) is 5.11 Å². The molecule has 0 spiro atoms. The molecule has 2 atom stereocenters. The van der Waals surface area contributed by atoms with E-state index in [-0.39, 0.29) is 31.4 Å². The molecule has 0 saturated heterocycles. The van der Waals surface area contributed by atoms with Gasteiger partial charge in [0.15, 0.2) is 0 Å². The van der Waals surface area contributed by atoms with Gasteiger partial charge < -0.3 is 24.8 Å². The molecule has 1 nitrogen and oxygen atoms in total. The molecule has 30 heavy (non-hydrogen) atoms. The molecule has 4 heteroatoms. The van der Waals surface area contributed by atoms with Crippen LogP contribution in [0.1, 0.15) is 50.7 Å². The Balaban J connectivity index is 0.00000128. The third-order valence-electron chi connectivity index (χ3n) is 6.05. The topological polar surface area (TPSA) is 20.2 Å². The number of hydrogen-bond acceptors (Lipinski definition) is 1. The van der Waals surface area contributed by atoms with E-state index in [1.54, 1.807) is 5.56 Å². The van der Waals surface area contributed by atoms with Crippen molar-refractivity contribution in [1.82, 2.24) is 0 Å².